The zero-order valence-electron chi connectivity index (χ0n) is 15.2. The Morgan fingerprint density at radius 3 is 2.82 bits per heavy atom. The fourth-order valence-electron chi connectivity index (χ4n) is 2.75. The lowest BCUT2D eigenvalue weighted by molar-refractivity contribution is 0.101. The van der Waals surface area contributed by atoms with E-state index in [0.717, 1.165) is 15.8 Å². The van der Waals surface area contributed by atoms with Gasteiger partial charge >= 0.3 is 0 Å². The molecule has 8 heteroatoms. The van der Waals surface area contributed by atoms with E-state index in [4.69, 9.17) is 9.26 Å². The second-order valence-corrected chi connectivity index (χ2v) is 7.21. The molecule has 142 valence electrons. The number of thiazole rings is 1. The van der Waals surface area contributed by atoms with Crippen molar-refractivity contribution in [3.8, 4) is 5.75 Å². The third-order valence-corrected chi connectivity index (χ3v) is 5.19. The van der Waals surface area contributed by atoms with Gasteiger partial charge in [-0.3, -0.25) is 10.1 Å². The molecule has 2 aromatic carbocycles. The summed E-state index contributed by atoms with van der Waals surface area (Å²) in [5.74, 6) is -0.411. The van der Waals surface area contributed by atoms with Gasteiger partial charge in [-0.15, -0.1) is 0 Å². The molecule has 2 heterocycles. The fourth-order valence-corrected chi connectivity index (χ4v) is 3.69. The highest BCUT2D eigenvalue weighted by Crippen LogP contribution is 2.28. The Hall–Kier alpha value is -3.26. The van der Waals surface area contributed by atoms with Gasteiger partial charge < -0.3 is 9.26 Å². The lowest BCUT2D eigenvalue weighted by Crippen LogP contribution is -2.15. The van der Waals surface area contributed by atoms with Crippen molar-refractivity contribution in [3.05, 3.63) is 70.9 Å². The van der Waals surface area contributed by atoms with Crippen molar-refractivity contribution < 1.29 is 18.4 Å². The summed E-state index contributed by atoms with van der Waals surface area (Å²) < 4.78 is 25.4. The lowest BCUT2D eigenvalue weighted by atomic mass is 10.2. The smallest absolute Gasteiger partial charge is 0.280 e. The Balaban J connectivity index is 1.54. The van der Waals surface area contributed by atoms with Gasteiger partial charge in [-0.2, -0.15) is 0 Å². The average molecular weight is 397 g/mol. The van der Waals surface area contributed by atoms with Gasteiger partial charge in [0.25, 0.3) is 5.91 Å². The molecule has 4 rings (SSSR count). The number of carbonyl (C=O) groups excluding carboxylic acids is 1. The molecule has 2 aromatic heterocycles. The summed E-state index contributed by atoms with van der Waals surface area (Å²) in [6.45, 7) is 3.59. The van der Waals surface area contributed by atoms with Crippen LogP contribution in [0.1, 0.15) is 27.4 Å². The Morgan fingerprint density at radius 1 is 1.21 bits per heavy atom. The maximum absolute atomic E-state index is 13.7. The normalized spacial score (nSPS) is 11.0. The van der Waals surface area contributed by atoms with E-state index < -0.39 is 11.7 Å². The van der Waals surface area contributed by atoms with E-state index in [1.807, 2.05) is 25.1 Å². The zero-order valence-corrected chi connectivity index (χ0v) is 16.0. The van der Waals surface area contributed by atoms with Gasteiger partial charge in [0.1, 0.15) is 12.4 Å². The van der Waals surface area contributed by atoms with E-state index in [-0.39, 0.29) is 18.1 Å². The summed E-state index contributed by atoms with van der Waals surface area (Å²) in [4.78, 5) is 17.2. The van der Waals surface area contributed by atoms with Crippen LogP contribution in [0.5, 0.6) is 5.75 Å². The predicted molar refractivity (Wildman–Crippen MR) is 104 cm³/mol. The lowest BCUT2D eigenvalue weighted by Gasteiger charge is -2.07. The molecule has 28 heavy (non-hydrogen) atoms. The first-order valence-electron chi connectivity index (χ1n) is 8.53. The van der Waals surface area contributed by atoms with Gasteiger partial charge in [0.2, 0.25) is 0 Å². The molecule has 0 spiro atoms. The Labute approximate surface area is 164 Å². The molecule has 0 bridgehead atoms. The number of amides is 1. The summed E-state index contributed by atoms with van der Waals surface area (Å²) in [6, 6.07) is 11.9. The van der Waals surface area contributed by atoms with Gasteiger partial charge in [-0.05, 0) is 37.6 Å². The number of nitrogens with zero attached hydrogens (tertiary/aromatic N) is 2. The molecule has 1 amide bonds. The quantitative estimate of drug-likeness (QED) is 0.520. The SMILES string of the molecule is Cc1onc(C(=O)Nc2nc3c(C)cccc3s2)c1COc1ccccc1F. The average Bonchev–Trinajstić information content (AvgIpc) is 3.25. The number of anilines is 1. The van der Waals surface area contributed by atoms with Gasteiger partial charge in [0.05, 0.1) is 15.8 Å². The summed E-state index contributed by atoms with van der Waals surface area (Å²) in [5, 5.41) is 7.06. The highest BCUT2D eigenvalue weighted by Gasteiger charge is 2.22. The first-order chi connectivity index (χ1) is 13.5. The number of rotatable bonds is 5. The van der Waals surface area contributed by atoms with E-state index in [1.54, 1.807) is 19.1 Å². The summed E-state index contributed by atoms with van der Waals surface area (Å²) in [6.07, 6.45) is 0. The van der Waals surface area contributed by atoms with E-state index in [0.29, 0.717) is 16.5 Å². The summed E-state index contributed by atoms with van der Waals surface area (Å²) >= 11 is 1.38. The van der Waals surface area contributed by atoms with Crippen molar-refractivity contribution in [1.29, 1.82) is 0 Å². The van der Waals surface area contributed by atoms with Crippen molar-refractivity contribution in [2.24, 2.45) is 0 Å². The van der Waals surface area contributed by atoms with Crippen LogP contribution < -0.4 is 10.1 Å². The molecule has 0 unspecified atom stereocenters. The number of ether oxygens (including phenoxy) is 1. The van der Waals surface area contributed by atoms with E-state index >= 15 is 0 Å². The number of nitrogens with one attached hydrogen (secondary N) is 1. The number of aryl methyl sites for hydroxylation is 2. The number of benzene rings is 2. The van der Waals surface area contributed by atoms with Gasteiger partial charge in [-0.1, -0.05) is 40.8 Å². The summed E-state index contributed by atoms with van der Waals surface area (Å²) in [7, 11) is 0. The molecule has 0 fully saturated rings. The van der Waals surface area contributed by atoms with Crippen LogP contribution in [0.25, 0.3) is 10.2 Å². The van der Waals surface area contributed by atoms with Crippen LogP contribution in [0, 0.1) is 19.7 Å². The molecular formula is C20H16FN3O3S. The topological polar surface area (TPSA) is 77.3 Å². The molecule has 1 N–H and O–H groups in total. The largest absolute Gasteiger partial charge is 0.486 e. The Kier molecular flexibility index (Phi) is 4.79. The number of para-hydroxylation sites is 2. The van der Waals surface area contributed by atoms with Gasteiger partial charge in [0.15, 0.2) is 22.4 Å². The standard InChI is InChI=1S/C20H16FN3O3S/c1-11-6-5-9-16-17(11)22-20(28-16)23-19(25)18-13(12(2)27-24-18)10-26-15-8-4-3-7-14(15)21/h3-9H,10H2,1-2H3,(H,22,23,25). The monoisotopic (exact) mass is 397 g/mol. The third kappa shape index (κ3) is 3.46. The van der Waals surface area contributed by atoms with Gasteiger partial charge in [0, 0.05) is 0 Å². The molecule has 4 aromatic rings. The van der Waals surface area contributed by atoms with Crippen molar-refractivity contribution in [3.63, 3.8) is 0 Å². The number of carbonyl (C=O) groups is 1. The third-order valence-electron chi connectivity index (χ3n) is 4.25. The number of hydrogen-bond acceptors (Lipinski definition) is 6. The molecule has 0 aliphatic carbocycles. The molecular weight excluding hydrogens is 381 g/mol. The van der Waals surface area contributed by atoms with Crippen LogP contribution in [0.3, 0.4) is 0 Å². The highest BCUT2D eigenvalue weighted by molar-refractivity contribution is 7.22. The number of fused-ring (bicyclic) bond motifs is 1. The predicted octanol–water partition coefficient (Wildman–Crippen LogP) is 4.87. The molecule has 0 saturated carbocycles. The maximum Gasteiger partial charge on any atom is 0.280 e. The van der Waals surface area contributed by atoms with Crippen LogP contribution in [-0.4, -0.2) is 16.0 Å². The number of hydrogen-bond donors (Lipinski definition) is 1. The molecule has 0 radical (unpaired) electrons. The summed E-state index contributed by atoms with van der Waals surface area (Å²) in [5.41, 5.74) is 2.43. The minimum atomic E-state index is -0.479. The fraction of sp³-hybridized carbons (Fsp3) is 0.150. The van der Waals surface area contributed by atoms with Gasteiger partial charge in [-0.25, -0.2) is 9.37 Å². The molecule has 0 aliphatic rings. The second-order valence-electron chi connectivity index (χ2n) is 6.18. The number of aromatic nitrogens is 2. The van der Waals surface area contributed by atoms with E-state index in [2.05, 4.69) is 15.5 Å². The molecule has 0 saturated heterocycles. The van der Waals surface area contributed by atoms with Crippen LogP contribution in [0.2, 0.25) is 0 Å². The first-order valence-corrected chi connectivity index (χ1v) is 9.34. The first kappa shape index (κ1) is 18.1. The highest BCUT2D eigenvalue weighted by atomic mass is 32.1. The Bertz CT molecular complexity index is 1170. The molecule has 0 atom stereocenters. The number of halogens is 1. The van der Waals surface area contributed by atoms with Crippen LogP contribution in [0.15, 0.2) is 47.0 Å². The van der Waals surface area contributed by atoms with Crippen LogP contribution in [-0.2, 0) is 6.61 Å². The minimum Gasteiger partial charge on any atom is -0.486 e. The van der Waals surface area contributed by atoms with E-state index in [1.165, 1.54) is 23.5 Å². The van der Waals surface area contributed by atoms with Crippen molar-refractivity contribution in [1.82, 2.24) is 10.1 Å². The molecule has 0 aliphatic heterocycles. The van der Waals surface area contributed by atoms with Crippen molar-refractivity contribution in [2.75, 3.05) is 5.32 Å². The second kappa shape index (κ2) is 7.40. The van der Waals surface area contributed by atoms with Crippen molar-refractivity contribution in [2.45, 2.75) is 20.5 Å². The zero-order chi connectivity index (χ0) is 19.7. The van der Waals surface area contributed by atoms with Crippen LogP contribution in [0.4, 0.5) is 9.52 Å². The maximum atomic E-state index is 13.7. The minimum absolute atomic E-state index is 0.0437. The van der Waals surface area contributed by atoms with Crippen LogP contribution >= 0.6 is 11.3 Å². The van der Waals surface area contributed by atoms with Crippen molar-refractivity contribution >= 4 is 32.6 Å². The molecule has 6 nitrogen and oxygen atoms in total. The Morgan fingerprint density at radius 2 is 2.04 bits per heavy atom. The van der Waals surface area contributed by atoms with E-state index in [9.17, 15) is 9.18 Å².